The van der Waals surface area contributed by atoms with Crippen LogP contribution in [0, 0.1) is 11.3 Å². The Bertz CT molecular complexity index is 995. The summed E-state index contributed by atoms with van der Waals surface area (Å²) in [6.45, 7) is 4.65. The zero-order valence-electron chi connectivity index (χ0n) is 17.0. The van der Waals surface area contributed by atoms with E-state index in [0.29, 0.717) is 12.1 Å². The average Bonchev–Trinajstić information content (AvgIpc) is 3.20. The van der Waals surface area contributed by atoms with Crippen LogP contribution in [0.15, 0.2) is 48.5 Å². The van der Waals surface area contributed by atoms with Gasteiger partial charge in [0, 0.05) is 45.7 Å². The molecule has 0 atom stereocenters. The van der Waals surface area contributed by atoms with Crippen LogP contribution in [-0.2, 0) is 13.0 Å². The highest BCUT2D eigenvalue weighted by atomic mass is 16.2. The minimum Gasteiger partial charge on any atom is -0.342 e. The van der Waals surface area contributed by atoms with Crippen molar-refractivity contribution in [2.45, 2.75) is 19.4 Å². The van der Waals surface area contributed by atoms with Crippen molar-refractivity contribution >= 4 is 17.1 Å². The number of urea groups is 1. The van der Waals surface area contributed by atoms with Crippen LogP contribution in [0.5, 0.6) is 0 Å². The molecule has 30 heavy (non-hydrogen) atoms. The van der Waals surface area contributed by atoms with Crippen LogP contribution in [0.4, 0.5) is 4.79 Å². The van der Waals surface area contributed by atoms with Crippen molar-refractivity contribution in [2.75, 3.05) is 32.7 Å². The molecule has 0 spiro atoms. The van der Waals surface area contributed by atoms with E-state index in [2.05, 4.69) is 26.3 Å². The molecule has 0 bridgehead atoms. The summed E-state index contributed by atoms with van der Waals surface area (Å²) in [5.41, 5.74) is 3.91. The Labute approximate surface area is 176 Å². The third-order valence-corrected chi connectivity index (χ3v) is 5.45. The third kappa shape index (κ3) is 4.97. The highest BCUT2D eigenvalue weighted by molar-refractivity contribution is 5.75. The van der Waals surface area contributed by atoms with Crippen molar-refractivity contribution in [1.29, 1.82) is 5.26 Å². The maximum absolute atomic E-state index is 12.4. The predicted octanol–water partition coefficient (Wildman–Crippen LogP) is 2.89. The Morgan fingerprint density at radius 3 is 2.60 bits per heavy atom. The number of nitrogens with one attached hydrogen (secondary N) is 2. The number of aromatic amines is 1. The predicted molar refractivity (Wildman–Crippen MR) is 116 cm³/mol. The summed E-state index contributed by atoms with van der Waals surface area (Å²) >= 11 is 0. The van der Waals surface area contributed by atoms with Gasteiger partial charge in [-0.2, -0.15) is 5.26 Å². The molecule has 0 saturated carbocycles. The molecule has 0 unspecified atom stereocenters. The molecule has 2 aromatic carbocycles. The molecule has 2 amide bonds. The summed E-state index contributed by atoms with van der Waals surface area (Å²) in [4.78, 5) is 24.5. The van der Waals surface area contributed by atoms with E-state index in [1.165, 1.54) is 5.56 Å². The molecule has 154 valence electrons. The molecule has 7 nitrogen and oxygen atoms in total. The number of H-pyrrole nitrogens is 1. The van der Waals surface area contributed by atoms with Crippen LogP contribution >= 0.6 is 0 Å². The SMILES string of the molecule is N#Cc1ccc(CN2CCN(C(=O)NCCCc3nc4ccccc4[nH]3)CC2)cc1. The first-order valence-electron chi connectivity index (χ1n) is 10.4. The van der Waals surface area contributed by atoms with E-state index in [9.17, 15) is 4.79 Å². The van der Waals surface area contributed by atoms with Gasteiger partial charge in [0.05, 0.1) is 22.7 Å². The quantitative estimate of drug-likeness (QED) is 0.621. The monoisotopic (exact) mass is 402 g/mol. The Balaban J connectivity index is 1.15. The van der Waals surface area contributed by atoms with E-state index in [1.54, 1.807) is 0 Å². The summed E-state index contributed by atoms with van der Waals surface area (Å²) < 4.78 is 0. The second-order valence-corrected chi connectivity index (χ2v) is 7.61. The number of hydrogen-bond donors (Lipinski definition) is 2. The van der Waals surface area contributed by atoms with E-state index in [4.69, 9.17) is 5.26 Å². The lowest BCUT2D eigenvalue weighted by atomic mass is 10.1. The molecule has 4 rings (SSSR count). The minimum atomic E-state index is 0.0117. The normalized spacial score (nSPS) is 14.6. The summed E-state index contributed by atoms with van der Waals surface area (Å²) in [6.07, 6.45) is 1.66. The lowest BCUT2D eigenvalue weighted by Crippen LogP contribution is -2.51. The fraction of sp³-hybridized carbons (Fsp3) is 0.348. The highest BCUT2D eigenvalue weighted by Crippen LogP contribution is 2.12. The molecule has 3 aromatic rings. The molecule has 2 N–H and O–H groups in total. The number of nitriles is 1. The van der Waals surface area contributed by atoms with Crippen LogP contribution in [0.2, 0.25) is 0 Å². The molecular formula is C23H26N6O. The van der Waals surface area contributed by atoms with Gasteiger partial charge in [-0.1, -0.05) is 24.3 Å². The topological polar surface area (TPSA) is 88.1 Å². The first-order valence-corrected chi connectivity index (χ1v) is 10.4. The standard InChI is InChI=1S/C23H26N6O/c24-16-18-7-9-19(10-8-18)17-28-12-14-29(15-13-28)23(30)25-11-3-6-22-26-20-4-1-2-5-21(20)27-22/h1-2,4-5,7-10H,3,6,11-15,17H2,(H,25,30)(H,26,27). The number of para-hydroxylation sites is 2. The van der Waals surface area contributed by atoms with E-state index >= 15 is 0 Å². The van der Waals surface area contributed by atoms with E-state index in [-0.39, 0.29) is 6.03 Å². The van der Waals surface area contributed by atoms with Gasteiger partial charge in [-0.25, -0.2) is 9.78 Å². The van der Waals surface area contributed by atoms with Crippen LogP contribution in [0.1, 0.15) is 23.4 Å². The van der Waals surface area contributed by atoms with Gasteiger partial charge in [-0.3, -0.25) is 4.90 Å². The number of carbonyl (C=O) groups is 1. The molecule has 1 saturated heterocycles. The van der Waals surface area contributed by atoms with Gasteiger partial charge < -0.3 is 15.2 Å². The van der Waals surface area contributed by atoms with E-state index in [1.807, 2.05) is 53.4 Å². The smallest absolute Gasteiger partial charge is 0.317 e. The number of rotatable bonds is 6. The first kappa shape index (κ1) is 19.9. The number of amides is 2. The van der Waals surface area contributed by atoms with Crippen molar-refractivity contribution in [2.24, 2.45) is 0 Å². The van der Waals surface area contributed by atoms with Crippen LogP contribution in [0.3, 0.4) is 0 Å². The fourth-order valence-electron chi connectivity index (χ4n) is 3.74. The fourth-order valence-corrected chi connectivity index (χ4v) is 3.74. The maximum Gasteiger partial charge on any atom is 0.317 e. The maximum atomic E-state index is 12.4. The summed E-state index contributed by atoms with van der Waals surface area (Å²) in [5.74, 6) is 0.960. The lowest BCUT2D eigenvalue weighted by Gasteiger charge is -2.34. The molecule has 0 aliphatic carbocycles. The van der Waals surface area contributed by atoms with Crippen molar-refractivity contribution in [3.63, 3.8) is 0 Å². The van der Waals surface area contributed by atoms with Gasteiger partial charge in [0.2, 0.25) is 0 Å². The second kappa shape index (κ2) is 9.42. The molecular weight excluding hydrogens is 376 g/mol. The Morgan fingerprint density at radius 2 is 1.87 bits per heavy atom. The first-order chi connectivity index (χ1) is 14.7. The molecule has 2 heterocycles. The van der Waals surface area contributed by atoms with E-state index in [0.717, 1.165) is 62.4 Å². The number of hydrogen-bond acceptors (Lipinski definition) is 4. The van der Waals surface area contributed by atoms with Gasteiger partial charge in [0.25, 0.3) is 0 Å². The number of nitrogens with zero attached hydrogens (tertiary/aromatic N) is 4. The lowest BCUT2D eigenvalue weighted by molar-refractivity contribution is 0.135. The average molecular weight is 403 g/mol. The summed E-state index contributed by atoms with van der Waals surface area (Å²) in [6, 6.07) is 17.9. The van der Waals surface area contributed by atoms with Crippen molar-refractivity contribution in [3.05, 3.63) is 65.5 Å². The van der Waals surface area contributed by atoms with Crippen molar-refractivity contribution in [3.8, 4) is 6.07 Å². The molecule has 1 aliphatic rings. The number of fused-ring (bicyclic) bond motifs is 1. The highest BCUT2D eigenvalue weighted by Gasteiger charge is 2.20. The zero-order chi connectivity index (χ0) is 20.8. The second-order valence-electron chi connectivity index (χ2n) is 7.61. The van der Waals surface area contributed by atoms with Crippen molar-refractivity contribution < 1.29 is 4.79 Å². The van der Waals surface area contributed by atoms with E-state index < -0.39 is 0 Å². The van der Waals surface area contributed by atoms with Crippen LogP contribution in [0.25, 0.3) is 11.0 Å². The molecule has 1 aliphatic heterocycles. The van der Waals surface area contributed by atoms with Crippen molar-refractivity contribution in [1.82, 2.24) is 25.1 Å². The minimum absolute atomic E-state index is 0.0117. The number of aryl methyl sites for hydroxylation is 1. The Morgan fingerprint density at radius 1 is 1.10 bits per heavy atom. The van der Waals surface area contributed by atoms with Gasteiger partial charge in [0.15, 0.2) is 0 Å². The zero-order valence-corrected chi connectivity index (χ0v) is 17.0. The van der Waals surface area contributed by atoms with Gasteiger partial charge in [0.1, 0.15) is 5.82 Å². The van der Waals surface area contributed by atoms with Gasteiger partial charge >= 0.3 is 6.03 Å². The number of aromatic nitrogens is 2. The van der Waals surface area contributed by atoms with Crippen LogP contribution in [-0.4, -0.2) is 58.5 Å². The Hall–Kier alpha value is -3.37. The number of benzene rings is 2. The molecule has 1 fully saturated rings. The molecule has 7 heteroatoms. The number of imidazole rings is 1. The van der Waals surface area contributed by atoms with Crippen LogP contribution < -0.4 is 5.32 Å². The summed E-state index contributed by atoms with van der Waals surface area (Å²) in [5, 5.41) is 11.9. The Kier molecular flexibility index (Phi) is 6.26. The van der Waals surface area contributed by atoms with Gasteiger partial charge in [-0.15, -0.1) is 0 Å². The number of carbonyl (C=O) groups excluding carboxylic acids is 1. The summed E-state index contributed by atoms with van der Waals surface area (Å²) in [7, 11) is 0. The number of piperazine rings is 1. The molecule has 0 radical (unpaired) electrons. The largest absolute Gasteiger partial charge is 0.342 e. The third-order valence-electron chi connectivity index (χ3n) is 5.45. The van der Waals surface area contributed by atoms with Gasteiger partial charge in [-0.05, 0) is 36.2 Å². The molecule has 1 aromatic heterocycles.